The van der Waals surface area contributed by atoms with Crippen molar-refractivity contribution in [3.8, 4) is 0 Å². The predicted molar refractivity (Wildman–Crippen MR) is 53.7 cm³/mol. The molecule has 0 bridgehead atoms. The summed E-state index contributed by atoms with van der Waals surface area (Å²) >= 11 is 0. The maximum atomic E-state index is 11.5. The van der Waals surface area contributed by atoms with Gasteiger partial charge in [0.1, 0.15) is 0 Å². The fourth-order valence-electron chi connectivity index (χ4n) is 2.41. The van der Waals surface area contributed by atoms with E-state index in [1.165, 1.54) is 19.3 Å². The molecule has 0 spiro atoms. The van der Waals surface area contributed by atoms with Gasteiger partial charge in [-0.3, -0.25) is 4.79 Å². The Morgan fingerprint density at radius 3 is 2.77 bits per heavy atom. The average Bonchev–Trinajstić information content (AvgIpc) is 2.32. The van der Waals surface area contributed by atoms with Gasteiger partial charge in [-0.2, -0.15) is 0 Å². The Hall–Kier alpha value is -0.280. The third-order valence-corrected chi connectivity index (χ3v) is 3.12. The van der Waals surface area contributed by atoms with Crippen LogP contribution in [-0.2, 0) is 4.79 Å². The minimum Gasteiger partial charge on any atom is -0.338 e. The van der Waals surface area contributed by atoms with E-state index >= 15 is 0 Å². The van der Waals surface area contributed by atoms with Crippen LogP contribution in [0.4, 0.5) is 0 Å². The number of likely N-dealkylation sites (tertiary alicyclic amines) is 1. The summed E-state index contributed by atoms with van der Waals surface area (Å²) in [6.45, 7) is 2.73. The molecule has 1 aliphatic heterocycles. The van der Waals surface area contributed by atoms with Gasteiger partial charge in [0, 0.05) is 12.6 Å². The Morgan fingerprint density at radius 2 is 2.23 bits per heavy atom. The maximum absolute atomic E-state index is 11.5. The number of hydrogen-bond donors (Lipinski definition) is 1. The van der Waals surface area contributed by atoms with Gasteiger partial charge in [0.2, 0.25) is 5.91 Å². The molecule has 2 N–H and O–H groups in total. The first kappa shape index (κ1) is 10.8. The molecule has 76 valence electrons. The number of carbonyl (C=O) groups excluding carboxylic acids is 1. The number of rotatable bonds is 1. The molecule has 0 aromatic heterocycles. The Kier molecular flexibility index (Phi) is 3.19. The molecule has 13 heavy (non-hydrogen) atoms. The molecule has 1 saturated carbocycles. The number of fused-ring (bicyclic) bond motifs is 1. The molecule has 2 aliphatic rings. The third kappa shape index (κ3) is 1.67. The Morgan fingerprint density at radius 1 is 1.54 bits per heavy atom. The molecule has 1 aliphatic carbocycles. The first-order valence-electron chi connectivity index (χ1n) is 4.76. The summed E-state index contributed by atoms with van der Waals surface area (Å²) in [6.07, 6.45) is 3.80. The first-order chi connectivity index (χ1) is 5.70. The van der Waals surface area contributed by atoms with Gasteiger partial charge in [-0.15, -0.1) is 12.4 Å². The molecule has 3 atom stereocenters. The van der Waals surface area contributed by atoms with E-state index in [2.05, 4.69) is 0 Å². The molecule has 1 heterocycles. The van der Waals surface area contributed by atoms with Crippen molar-refractivity contribution in [3.05, 3.63) is 0 Å². The van der Waals surface area contributed by atoms with E-state index in [4.69, 9.17) is 5.73 Å². The Balaban J connectivity index is 0.000000845. The van der Waals surface area contributed by atoms with Gasteiger partial charge in [0.25, 0.3) is 0 Å². The highest BCUT2D eigenvalue weighted by Crippen LogP contribution is 2.38. The highest BCUT2D eigenvalue weighted by molar-refractivity contribution is 5.85. The molecule has 1 amide bonds. The van der Waals surface area contributed by atoms with Crippen molar-refractivity contribution in [2.45, 2.75) is 38.3 Å². The van der Waals surface area contributed by atoms with E-state index in [0.717, 1.165) is 12.5 Å². The van der Waals surface area contributed by atoms with Crippen molar-refractivity contribution in [2.24, 2.45) is 11.7 Å². The molecule has 4 heteroatoms. The van der Waals surface area contributed by atoms with Crippen LogP contribution in [0.5, 0.6) is 0 Å². The zero-order valence-corrected chi connectivity index (χ0v) is 8.72. The van der Waals surface area contributed by atoms with Gasteiger partial charge in [0.05, 0.1) is 6.04 Å². The van der Waals surface area contributed by atoms with Crippen molar-refractivity contribution in [3.63, 3.8) is 0 Å². The van der Waals surface area contributed by atoms with Crippen molar-refractivity contribution >= 4 is 18.3 Å². The smallest absolute Gasteiger partial charge is 0.239 e. The van der Waals surface area contributed by atoms with Crippen LogP contribution in [0.25, 0.3) is 0 Å². The predicted octanol–water partition coefficient (Wildman–Crippen LogP) is 0.766. The Bertz CT molecular complexity index is 208. The van der Waals surface area contributed by atoms with Crippen molar-refractivity contribution in [2.75, 3.05) is 6.54 Å². The van der Waals surface area contributed by atoms with Crippen LogP contribution in [0.2, 0.25) is 0 Å². The van der Waals surface area contributed by atoms with Crippen molar-refractivity contribution < 1.29 is 4.79 Å². The molecule has 2 fully saturated rings. The van der Waals surface area contributed by atoms with Gasteiger partial charge in [0.15, 0.2) is 0 Å². The van der Waals surface area contributed by atoms with Gasteiger partial charge < -0.3 is 10.6 Å². The van der Waals surface area contributed by atoms with Gasteiger partial charge in [-0.25, -0.2) is 0 Å². The van der Waals surface area contributed by atoms with E-state index in [0.29, 0.717) is 6.04 Å². The highest BCUT2D eigenvalue weighted by Gasteiger charge is 2.44. The lowest BCUT2D eigenvalue weighted by Gasteiger charge is -2.45. The van der Waals surface area contributed by atoms with E-state index in [9.17, 15) is 4.79 Å². The summed E-state index contributed by atoms with van der Waals surface area (Å²) in [7, 11) is 0. The lowest BCUT2D eigenvalue weighted by atomic mass is 9.91. The van der Waals surface area contributed by atoms with Gasteiger partial charge in [-0.05, 0) is 25.7 Å². The van der Waals surface area contributed by atoms with Crippen LogP contribution in [0.1, 0.15) is 26.2 Å². The van der Waals surface area contributed by atoms with E-state index in [1.807, 2.05) is 4.90 Å². The fraction of sp³-hybridized carbons (Fsp3) is 0.889. The second kappa shape index (κ2) is 3.84. The van der Waals surface area contributed by atoms with Crippen LogP contribution in [0, 0.1) is 5.92 Å². The first-order valence-corrected chi connectivity index (χ1v) is 4.76. The standard InChI is InChI=1S/C9H16N2O.ClH/c1-6(10)9(12)11-5-7-3-2-4-8(7)11;/h6-8H,2-5,10H2,1H3;1H/t6-,7?,8?;/m0./s1. The molecule has 3 nitrogen and oxygen atoms in total. The van der Waals surface area contributed by atoms with Crippen LogP contribution < -0.4 is 5.73 Å². The molecule has 2 rings (SSSR count). The minimum absolute atomic E-state index is 0. The highest BCUT2D eigenvalue weighted by atomic mass is 35.5. The van der Waals surface area contributed by atoms with E-state index in [1.54, 1.807) is 6.92 Å². The lowest BCUT2D eigenvalue weighted by Crippen LogP contribution is -2.59. The van der Waals surface area contributed by atoms with Crippen molar-refractivity contribution in [1.82, 2.24) is 4.90 Å². The minimum atomic E-state index is -0.313. The molecular formula is C9H17ClN2O. The van der Waals surface area contributed by atoms with Gasteiger partial charge >= 0.3 is 0 Å². The number of hydrogen-bond acceptors (Lipinski definition) is 2. The maximum Gasteiger partial charge on any atom is 0.239 e. The van der Waals surface area contributed by atoms with E-state index < -0.39 is 0 Å². The fourth-order valence-corrected chi connectivity index (χ4v) is 2.41. The lowest BCUT2D eigenvalue weighted by molar-refractivity contribution is -0.143. The molecular weight excluding hydrogens is 188 g/mol. The second-order valence-corrected chi connectivity index (χ2v) is 4.04. The van der Waals surface area contributed by atoms with E-state index in [-0.39, 0.29) is 24.4 Å². The molecule has 1 saturated heterocycles. The third-order valence-electron chi connectivity index (χ3n) is 3.12. The zero-order chi connectivity index (χ0) is 8.72. The topological polar surface area (TPSA) is 46.3 Å². The van der Waals surface area contributed by atoms with Crippen LogP contribution in [0.15, 0.2) is 0 Å². The second-order valence-electron chi connectivity index (χ2n) is 4.04. The summed E-state index contributed by atoms with van der Waals surface area (Å²) < 4.78 is 0. The Labute approximate surface area is 85.1 Å². The summed E-state index contributed by atoms with van der Waals surface area (Å²) in [6, 6.07) is 0.232. The number of carbonyl (C=O) groups is 1. The normalized spacial score (nSPS) is 32.9. The quantitative estimate of drug-likeness (QED) is 0.686. The monoisotopic (exact) mass is 204 g/mol. The number of amides is 1. The summed E-state index contributed by atoms with van der Waals surface area (Å²) in [5, 5.41) is 0. The van der Waals surface area contributed by atoms with Crippen LogP contribution >= 0.6 is 12.4 Å². The van der Waals surface area contributed by atoms with Gasteiger partial charge in [-0.1, -0.05) is 6.42 Å². The summed E-state index contributed by atoms with van der Waals surface area (Å²) in [5.41, 5.74) is 5.54. The summed E-state index contributed by atoms with van der Waals surface area (Å²) in [5.74, 6) is 0.936. The molecule has 0 aromatic rings. The molecule has 0 aromatic carbocycles. The van der Waals surface area contributed by atoms with Crippen LogP contribution in [-0.4, -0.2) is 29.4 Å². The average molecular weight is 205 g/mol. The zero-order valence-electron chi connectivity index (χ0n) is 7.90. The number of nitrogens with two attached hydrogens (primary N) is 1. The molecule has 0 radical (unpaired) electrons. The number of nitrogens with zero attached hydrogens (tertiary/aromatic N) is 1. The molecule has 2 unspecified atom stereocenters. The number of halogens is 1. The summed E-state index contributed by atoms with van der Waals surface area (Å²) in [4.78, 5) is 13.4. The van der Waals surface area contributed by atoms with Crippen LogP contribution in [0.3, 0.4) is 0 Å². The van der Waals surface area contributed by atoms with Crippen molar-refractivity contribution in [1.29, 1.82) is 0 Å². The largest absolute Gasteiger partial charge is 0.338 e. The SMILES string of the molecule is C[C@H](N)C(=O)N1CC2CCCC21.Cl.